The molecule has 0 aliphatic rings. The van der Waals surface area contributed by atoms with Crippen molar-refractivity contribution in [2.45, 2.75) is 0 Å². The lowest BCUT2D eigenvalue weighted by molar-refractivity contribution is 1.44. The summed E-state index contributed by atoms with van der Waals surface area (Å²) in [6, 6.07) is 27.4. The highest BCUT2D eigenvalue weighted by Gasteiger charge is 2.05. The third-order valence-corrected chi connectivity index (χ3v) is 4.36. The molecule has 2 aromatic heterocycles. The van der Waals surface area contributed by atoms with E-state index < -0.39 is 0 Å². The van der Waals surface area contributed by atoms with Crippen molar-refractivity contribution in [2.75, 3.05) is 0 Å². The average molecular weight is 294 g/mol. The van der Waals surface area contributed by atoms with E-state index in [2.05, 4.69) is 77.8 Å². The molecule has 0 radical (unpaired) electrons. The topological polar surface area (TPSA) is 28.7 Å². The van der Waals surface area contributed by atoms with Crippen LogP contribution in [0.4, 0.5) is 0 Å². The molecule has 0 aliphatic carbocycles. The zero-order chi connectivity index (χ0) is 15.2. The fourth-order valence-electron chi connectivity index (χ4n) is 3.17. The van der Waals surface area contributed by atoms with E-state index in [0.29, 0.717) is 0 Å². The van der Waals surface area contributed by atoms with E-state index in [1.807, 2.05) is 6.07 Å². The molecule has 2 heterocycles. The number of para-hydroxylation sites is 2. The van der Waals surface area contributed by atoms with Gasteiger partial charge in [-0.05, 0) is 30.3 Å². The quantitative estimate of drug-likeness (QED) is 0.404. The molecule has 23 heavy (non-hydrogen) atoms. The molecule has 0 saturated heterocycles. The smallest absolute Gasteiger partial charge is 0.0716 e. The van der Waals surface area contributed by atoms with Crippen LogP contribution in [0.2, 0.25) is 0 Å². The first-order valence-electron chi connectivity index (χ1n) is 7.74. The van der Waals surface area contributed by atoms with Crippen LogP contribution in [0.1, 0.15) is 0 Å². The number of aromatic nitrogens is 2. The maximum atomic E-state index is 4.80. The SMILES string of the molecule is c1ccc2nc3cc(-c4cc5ccccc5[nH]4)ccc3cc2c1. The standard InChI is InChI=1S/C21H14N2/c1-3-7-18-14(5-1)11-16-9-10-17(13-20(16)22-18)21-12-15-6-2-4-8-19(15)23-21/h1-13,23H. The summed E-state index contributed by atoms with van der Waals surface area (Å²) >= 11 is 0. The monoisotopic (exact) mass is 294 g/mol. The summed E-state index contributed by atoms with van der Waals surface area (Å²) in [6.45, 7) is 0. The minimum absolute atomic E-state index is 1.03. The highest BCUT2D eigenvalue weighted by atomic mass is 14.7. The van der Waals surface area contributed by atoms with Crippen LogP contribution in [0.5, 0.6) is 0 Å². The lowest BCUT2D eigenvalue weighted by Gasteiger charge is -2.04. The van der Waals surface area contributed by atoms with Gasteiger partial charge in [-0.25, -0.2) is 4.98 Å². The highest BCUT2D eigenvalue weighted by Crippen LogP contribution is 2.27. The van der Waals surface area contributed by atoms with Crippen LogP contribution >= 0.6 is 0 Å². The summed E-state index contributed by atoms with van der Waals surface area (Å²) < 4.78 is 0. The molecule has 2 heteroatoms. The maximum absolute atomic E-state index is 4.80. The third kappa shape index (κ3) is 2.00. The largest absolute Gasteiger partial charge is 0.355 e. The normalized spacial score (nSPS) is 11.5. The number of pyridine rings is 1. The average Bonchev–Trinajstić information content (AvgIpc) is 3.03. The molecule has 0 amide bonds. The molecule has 5 rings (SSSR count). The van der Waals surface area contributed by atoms with E-state index in [1.54, 1.807) is 0 Å². The second-order valence-corrected chi connectivity index (χ2v) is 5.86. The zero-order valence-electron chi connectivity index (χ0n) is 12.5. The second-order valence-electron chi connectivity index (χ2n) is 5.86. The number of H-pyrrole nitrogens is 1. The molecule has 0 spiro atoms. The lowest BCUT2D eigenvalue weighted by atomic mass is 10.1. The Labute approximate surface area is 133 Å². The number of fused-ring (bicyclic) bond motifs is 3. The first-order valence-corrected chi connectivity index (χ1v) is 7.74. The Hall–Kier alpha value is -3.13. The summed E-state index contributed by atoms with van der Waals surface area (Å²) in [5.41, 5.74) is 5.52. The molecular formula is C21H14N2. The Morgan fingerprint density at radius 3 is 2.30 bits per heavy atom. The molecule has 0 fully saturated rings. The molecule has 0 saturated carbocycles. The minimum Gasteiger partial charge on any atom is -0.355 e. The van der Waals surface area contributed by atoms with E-state index in [4.69, 9.17) is 4.98 Å². The van der Waals surface area contributed by atoms with Crippen molar-refractivity contribution < 1.29 is 0 Å². The van der Waals surface area contributed by atoms with Crippen LogP contribution in [0.25, 0.3) is 44.0 Å². The van der Waals surface area contributed by atoms with E-state index >= 15 is 0 Å². The number of hydrogen-bond acceptors (Lipinski definition) is 1. The number of benzene rings is 3. The summed E-state index contributed by atoms with van der Waals surface area (Å²) in [6.07, 6.45) is 0. The van der Waals surface area contributed by atoms with Gasteiger partial charge in [-0.15, -0.1) is 0 Å². The van der Waals surface area contributed by atoms with Gasteiger partial charge in [-0.3, -0.25) is 0 Å². The van der Waals surface area contributed by atoms with E-state index in [-0.39, 0.29) is 0 Å². The Morgan fingerprint density at radius 2 is 1.39 bits per heavy atom. The van der Waals surface area contributed by atoms with Gasteiger partial charge >= 0.3 is 0 Å². The molecule has 3 aromatic carbocycles. The van der Waals surface area contributed by atoms with Crippen molar-refractivity contribution in [3.8, 4) is 11.3 Å². The zero-order valence-corrected chi connectivity index (χ0v) is 12.5. The van der Waals surface area contributed by atoms with Crippen molar-refractivity contribution in [3.05, 3.63) is 78.9 Å². The fraction of sp³-hybridized carbons (Fsp3) is 0. The van der Waals surface area contributed by atoms with Crippen molar-refractivity contribution in [1.29, 1.82) is 0 Å². The second kappa shape index (κ2) is 4.68. The predicted molar refractivity (Wildman–Crippen MR) is 96.5 cm³/mol. The molecule has 0 atom stereocenters. The van der Waals surface area contributed by atoms with E-state index in [1.165, 1.54) is 16.2 Å². The predicted octanol–water partition coefficient (Wildman–Crippen LogP) is 5.54. The van der Waals surface area contributed by atoms with Gasteiger partial charge in [-0.2, -0.15) is 0 Å². The van der Waals surface area contributed by atoms with Crippen LogP contribution in [0.15, 0.2) is 78.9 Å². The number of rotatable bonds is 1. The van der Waals surface area contributed by atoms with Crippen molar-refractivity contribution >= 4 is 32.7 Å². The molecule has 2 nitrogen and oxygen atoms in total. The lowest BCUT2D eigenvalue weighted by Crippen LogP contribution is -1.84. The first-order chi connectivity index (χ1) is 11.4. The van der Waals surface area contributed by atoms with Crippen LogP contribution in [0.3, 0.4) is 0 Å². The molecule has 5 aromatic rings. The van der Waals surface area contributed by atoms with Gasteiger partial charge in [0.15, 0.2) is 0 Å². The van der Waals surface area contributed by atoms with Gasteiger partial charge in [0.1, 0.15) is 0 Å². The fourth-order valence-corrected chi connectivity index (χ4v) is 3.17. The van der Waals surface area contributed by atoms with Crippen molar-refractivity contribution in [1.82, 2.24) is 9.97 Å². The third-order valence-electron chi connectivity index (χ3n) is 4.36. The Bertz CT molecular complexity index is 1140. The molecule has 0 bridgehead atoms. The Balaban J connectivity index is 1.73. The molecular weight excluding hydrogens is 280 g/mol. The summed E-state index contributed by atoms with van der Waals surface area (Å²) in [5, 5.41) is 3.58. The summed E-state index contributed by atoms with van der Waals surface area (Å²) in [5.74, 6) is 0. The van der Waals surface area contributed by atoms with Gasteiger partial charge in [0.2, 0.25) is 0 Å². The summed E-state index contributed by atoms with van der Waals surface area (Å²) in [4.78, 5) is 8.29. The Kier molecular flexibility index (Phi) is 2.53. The number of aromatic amines is 1. The molecule has 0 unspecified atom stereocenters. The van der Waals surface area contributed by atoms with Crippen LogP contribution in [-0.4, -0.2) is 9.97 Å². The first kappa shape index (κ1) is 12.4. The van der Waals surface area contributed by atoms with Crippen LogP contribution in [-0.2, 0) is 0 Å². The molecule has 1 N–H and O–H groups in total. The Morgan fingerprint density at radius 1 is 0.609 bits per heavy atom. The van der Waals surface area contributed by atoms with Gasteiger partial charge in [0.05, 0.1) is 11.0 Å². The number of hydrogen-bond donors (Lipinski definition) is 1. The van der Waals surface area contributed by atoms with E-state index in [9.17, 15) is 0 Å². The minimum atomic E-state index is 1.03. The molecule has 0 aliphatic heterocycles. The number of nitrogens with one attached hydrogen (secondary N) is 1. The molecule has 108 valence electrons. The summed E-state index contributed by atoms with van der Waals surface area (Å²) in [7, 11) is 0. The maximum Gasteiger partial charge on any atom is 0.0716 e. The van der Waals surface area contributed by atoms with Gasteiger partial charge in [-0.1, -0.05) is 48.5 Å². The van der Waals surface area contributed by atoms with Gasteiger partial charge < -0.3 is 4.98 Å². The van der Waals surface area contributed by atoms with E-state index in [0.717, 1.165) is 27.8 Å². The van der Waals surface area contributed by atoms with Gasteiger partial charge in [0, 0.05) is 32.9 Å². The van der Waals surface area contributed by atoms with Crippen molar-refractivity contribution in [2.24, 2.45) is 0 Å². The highest BCUT2D eigenvalue weighted by molar-refractivity contribution is 5.95. The number of nitrogens with zero attached hydrogens (tertiary/aromatic N) is 1. The van der Waals surface area contributed by atoms with Gasteiger partial charge in [0.25, 0.3) is 0 Å². The van der Waals surface area contributed by atoms with Crippen LogP contribution < -0.4 is 0 Å². The van der Waals surface area contributed by atoms with Crippen LogP contribution in [0, 0.1) is 0 Å². The van der Waals surface area contributed by atoms with Crippen molar-refractivity contribution in [3.63, 3.8) is 0 Å².